The van der Waals surface area contributed by atoms with Gasteiger partial charge in [-0.15, -0.1) is 0 Å². The fraction of sp³-hybridized carbons (Fsp3) is 0.231. The lowest BCUT2D eigenvalue weighted by Gasteiger charge is -2.16. The van der Waals surface area contributed by atoms with Gasteiger partial charge in [0.1, 0.15) is 28.5 Å². The fourth-order valence-electron chi connectivity index (χ4n) is 3.39. The highest BCUT2D eigenvalue weighted by atomic mass is 32.2. The SMILES string of the molecule is Cc1cccc(NC(=O)C(C)Sc2nc(N)c(C#N)c(-c3ccc(C(C)C)cc3)c2C#N)c1. The first-order valence-corrected chi connectivity index (χ1v) is 11.4. The maximum atomic E-state index is 12.8. The lowest BCUT2D eigenvalue weighted by atomic mass is 9.94. The van der Waals surface area contributed by atoms with E-state index in [4.69, 9.17) is 5.73 Å². The van der Waals surface area contributed by atoms with Crippen LogP contribution in [0.5, 0.6) is 0 Å². The van der Waals surface area contributed by atoms with Gasteiger partial charge in [-0.3, -0.25) is 4.79 Å². The van der Waals surface area contributed by atoms with E-state index in [1.807, 2.05) is 55.5 Å². The summed E-state index contributed by atoms with van der Waals surface area (Å²) in [7, 11) is 0. The smallest absolute Gasteiger partial charge is 0.237 e. The molecule has 33 heavy (non-hydrogen) atoms. The van der Waals surface area contributed by atoms with E-state index in [1.165, 1.54) is 0 Å². The summed E-state index contributed by atoms with van der Waals surface area (Å²) in [5.41, 5.74) is 10.5. The molecular formula is C26H25N5OS. The summed E-state index contributed by atoms with van der Waals surface area (Å²) in [6.07, 6.45) is 0. The molecule has 0 fully saturated rings. The Balaban J connectivity index is 1.98. The van der Waals surface area contributed by atoms with Crippen molar-refractivity contribution in [3.05, 3.63) is 70.8 Å². The van der Waals surface area contributed by atoms with Crippen LogP contribution in [-0.2, 0) is 4.79 Å². The number of hydrogen-bond donors (Lipinski definition) is 2. The second kappa shape index (κ2) is 10.2. The molecule has 0 radical (unpaired) electrons. The average Bonchev–Trinajstić information content (AvgIpc) is 2.78. The predicted octanol–water partition coefficient (Wildman–Crippen LogP) is 5.63. The van der Waals surface area contributed by atoms with Gasteiger partial charge in [0.2, 0.25) is 5.91 Å². The van der Waals surface area contributed by atoms with E-state index >= 15 is 0 Å². The number of nitrogens with one attached hydrogen (secondary N) is 1. The summed E-state index contributed by atoms with van der Waals surface area (Å²) < 4.78 is 0. The number of nitrogens with two attached hydrogens (primary N) is 1. The molecule has 0 spiro atoms. The maximum absolute atomic E-state index is 12.8. The molecule has 0 aliphatic rings. The summed E-state index contributed by atoms with van der Waals surface area (Å²) in [5.74, 6) is 0.168. The number of nitriles is 2. The minimum absolute atomic E-state index is 0.0354. The van der Waals surface area contributed by atoms with Crippen LogP contribution in [0.3, 0.4) is 0 Å². The highest BCUT2D eigenvalue weighted by molar-refractivity contribution is 8.00. The van der Waals surface area contributed by atoms with Crippen molar-refractivity contribution in [2.45, 2.75) is 43.9 Å². The van der Waals surface area contributed by atoms with Gasteiger partial charge >= 0.3 is 0 Å². The summed E-state index contributed by atoms with van der Waals surface area (Å²) in [6, 6.07) is 19.5. The number of rotatable bonds is 6. The molecule has 3 rings (SSSR count). The Bertz CT molecular complexity index is 1270. The van der Waals surface area contributed by atoms with E-state index in [0.717, 1.165) is 22.9 Å². The summed E-state index contributed by atoms with van der Waals surface area (Å²) in [5, 5.41) is 22.4. The van der Waals surface area contributed by atoms with Gasteiger partial charge in [-0.2, -0.15) is 10.5 Å². The van der Waals surface area contributed by atoms with E-state index in [-0.39, 0.29) is 22.9 Å². The number of benzene rings is 2. The molecule has 1 atom stereocenters. The molecule has 166 valence electrons. The lowest BCUT2D eigenvalue weighted by molar-refractivity contribution is -0.115. The maximum Gasteiger partial charge on any atom is 0.237 e. The largest absolute Gasteiger partial charge is 0.383 e. The zero-order valence-electron chi connectivity index (χ0n) is 19.0. The first-order valence-electron chi connectivity index (χ1n) is 10.5. The molecule has 0 aliphatic carbocycles. The molecule has 0 aliphatic heterocycles. The van der Waals surface area contributed by atoms with Crippen LogP contribution in [0.15, 0.2) is 53.6 Å². The Morgan fingerprint density at radius 3 is 2.30 bits per heavy atom. The number of hydrogen-bond acceptors (Lipinski definition) is 6. The molecule has 0 bridgehead atoms. The predicted molar refractivity (Wildman–Crippen MR) is 133 cm³/mol. The summed E-state index contributed by atoms with van der Waals surface area (Å²) >= 11 is 1.14. The second-order valence-corrected chi connectivity index (χ2v) is 9.38. The summed E-state index contributed by atoms with van der Waals surface area (Å²) in [4.78, 5) is 17.1. The van der Waals surface area contributed by atoms with Crippen molar-refractivity contribution in [3.8, 4) is 23.3 Å². The van der Waals surface area contributed by atoms with Crippen molar-refractivity contribution >= 4 is 29.2 Å². The number of nitrogens with zero attached hydrogens (tertiary/aromatic N) is 3. The van der Waals surface area contributed by atoms with Crippen LogP contribution < -0.4 is 11.1 Å². The van der Waals surface area contributed by atoms with Crippen molar-refractivity contribution in [3.63, 3.8) is 0 Å². The van der Waals surface area contributed by atoms with Gasteiger partial charge in [-0.1, -0.05) is 62.0 Å². The molecule has 2 aromatic carbocycles. The van der Waals surface area contributed by atoms with Gasteiger partial charge in [0, 0.05) is 11.3 Å². The molecule has 1 amide bonds. The second-order valence-electron chi connectivity index (χ2n) is 8.05. The van der Waals surface area contributed by atoms with Gasteiger partial charge < -0.3 is 11.1 Å². The zero-order chi connectivity index (χ0) is 24.1. The third-order valence-corrected chi connectivity index (χ3v) is 6.31. The van der Waals surface area contributed by atoms with Crippen LogP contribution in [-0.4, -0.2) is 16.1 Å². The van der Waals surface area contributed by atoms with Gasteiger partial charge in [0.15, 0.2) is 0 Å². The number of thioether (sulfide) groups is 1. The molecule has 1 aromatic heterocycles. The lowest BCUT2D eigenvalue weighted by Crippen LogP contribution is -2.22. The number of amides is 1. The van der Waals surface area contributed by atoms with E-state index in [1.54, 1.807) is 6.92 Å². The monoisotopic (exact) mass is 455 g/mol. The number of anilines is 2. The molecule has 1 heterocycles. The molecule has 6 nitrogen and oxygen atoms in total. The summed E-state index contributed by atoms with van der Waals surface area (Å²) in [6.45, 7) is 7.88. The minimum Gasteiger partial charge on any atom is -0.383 e. The van der Waals surface area contributed by atoms with Crippen molar-refractivity contribution in [2.24, 2.45) is 0 Å². The van der Waals surface area contributed by atoms with E-state index in [0.29, 0.717) is 27.8 Å². The standard InChI is InChI=1S/C26H25N5OS/c1-15(2)18-8-10-19(11-9-18)23-21(13-27)24(29)31-26(22(23)14-28)33-17(4)25(32)30-20-7-5-6-16(3)12-20/h5-12,15,17H,1-4H3,(H2,29,31)(H,30,32). The molecular weight excluding hydrogens is 430 g/mol. The Morgan fingerprint density at radius 1 is 1.06 bits per heavy atom. The minimum atomic E-state index is -0.548. The first kappa shape index (κ1) is 23.8. The van der Waals surface area contributed by atoms with Crippen LogP contribution in [0.1, 0.15) is 48.9 Å². The highest BCUT2D eigenvalue weighted by Crippen LogP contribution is 2.37. The Morgan fingerprint density at radius 2 is 1.73 bits per heavy atom. The molecule has 7 heteroatoms. The molecule has 0 saturated heterocycles. The third-order valence-electron chi connectivity index (χ3n) is 5.22. The topological polar surface area (TPSA) is 116 Å². The van der Waals surface area contributed by atoms with Crippen molar-refractivity contribution in [1.82, 2.24) is 4.98 Å². The van der Waals surface area contributed by atoms with Crippen molar-refractivity contribution in [2.75, 3.05) is 11.1 Å². The van der Waals surface area contributed by atoms with E-state index in [2.05, 4.69) is 36.3 Å². The van der Waals surface area contributed by atoms with Crippen molar-refractivity contribution < 1.29 is 4.79 Å². The number of aromatic nitrogens is 1. The van der Waals surface area contributed by atoms with Gasteiger partial charge in [0.05, 0.1) is 10.8 Å². The van der Waals surface area contributed by atoms with Gasteiger partial charge in [0.25, 0.3) is 0 Å². The van der Waals surface area contributed by atoms with Gasteiger partial charge in [-0.25, -0.2) is 4.98 Å². The average molecular weight is 456 g/mol. The number of carbonyl (C=O) groups excluding carboxylic acids is 1. The van der Waals surface area contributed by atoms with Gasteiger partial charge in [-0.05, 0) is 48.6 Å². The Kier molecular flexibility index (Phi) is 7.37. The zero-order valence-corrected chi connectivity index (χ0v) is 19.8. The quantitative estimate of drug-likeness (QED) is 0.466. The number of carbonyl (C=O) groups is 1. The van der Waals surface area contributed by atoms with Crippen LogP contribution >= 0.6 is 11.8 Å². The number of pyridine rings is 1. The van der Waals surface area contributed by atoms with Crippen molar-refractivity contribution in [1.29, 1.82) is 10.5 Å². The van der Waals surface area contributed by atoms with Crippen LogP contribution in [0.2, 0.25) is 0 Å². The van der Waals surface area contributed by atoms with Crippen LogP contribution in [0, 0.1) is 29.6 Å². The molecule has 3 aromatic rings. The molecule has 0 saturated carbocycles. The van der Waals surface area contributed by atoms with Crippen LogP contribution in [0.25, 0.3) is 11.1 Å². The number of nitrogen functional groups attached to an aromatic ring is 1. The van der Waals surface area contributed by atoms with E-state index < -0.39 is 5.25 Å². The molecule has 1 unspecified atom stereocenters. The normalized spacial score (nSPS) is 11.5. The fourth-order valence-corrected chi connectivity index (χ4v) is 4.31. The third kappa shape index (κ3) is 5.34. The Labute approximate surface area is 198 Å². The molecule has 3 N–H and O–H groups in total. The number of aryl methyl sites for hydroxylation is 1. The van der Waals surface area contributed by atoms with Crippen LogP contribution in [0.4, 0.5) is 11.5 Å². The first-order chi connectivity index (χ1) is 15.7. The van der Waals surface area contributed by atoms with E-state index in [9.17, 15) is 15.3 Å². The Hall–Kier alpha value is -3.81. The highest BCUT2D eigenvalue weighted by Gasteiger charge is 2.24.